The van der Waals surface area contributed by atoms with Crippen LogP contribution in [0.4, 0.5) is 10.8 Å². The van der Waals surface area contributed by atoms with Gasteiger partial charge in [-0.25, -0.2) is 21.8 Å². The monoisotopic (exact) mass is 539 g/mol. The van der Waals surface area contributed by atoms with Crippen LogP contribution in [-0.2, 0) is 20.0 Å². The lowest BCUT2D eigenvalue weighted by Gasteiger charge is -2.11. The summed E-state index contributed by atoms with van der Waals surface area (Å²) in [6.07, 6.45) is 0. The predicted octanol–water partition coefficient (Wildman–Crippen LogP) is 5.72. The SMILES string of the molecule is O=S(=O)(Nc1ccccc1-c1csc(NS(=O)(=O)c2ccccc2Cl)n1)c1ccc(Cl)cc1. The third kappa shape index (κ3) is 5.31. The van der Waals surface area contributed by atoms with Gasteiger partial charge in [0, 0.05) is 16.0 Å². The fourth-order valence-electron chi connectivity index (χ4n) is 2.89. The maximum Gasteiger partial charge on any atom is 0.265 e. The Morgan fingerprint density at radius 1 is 0.758 bits per heavy atom. The summed E-state index contributed by atoms with van der Waals surface area (Å²) in [5.74, 6) is 0. The number of hydrogen-bond acceptors (Lipinski definition) is 6. The zero-order valence-corrected chi connectivity index (χ0v) is 20.5. The van der Waals surface area contributed by atoms with E-state index >= 15 is 0 Å². The molecule has 0 aliphatic heterocycles. The molecule has 2 N–H and O–H groups in total. The van der Waals surface area contributed by atoms with Crippen molar-refractivity contribution < 1.29 is 16.8 Å². The third-order valence-corrected chi connectivity index (χ3v) is 8.78. The van der Waals surface area contributed by atoms with Gasteiger partial charge < -0.3 is 0 Å². The standard InChI is InChI=1S/C21H15Cl2N3O4S3/c22-14-9-11-15(12-10-14)32(27,28)25-18-7-3-1-5-16(18)19-13-31-21(24-19)26-33(29,30)20-8-4-2-6-17(20)23/h1-13,25H,(H,24,26). The van der Waals surface area contributed by atoms with E-state index in [1.54, 1.807) is 41.8 Å². The molecule has 170 valence electrons. The molecule has 12 heteroatoms. The summed E-state index contributed by atoms with van der Waals surface area (Å²) >= 11 is 12.9. The highest BCUT2D eigenvalue weighted by molar-refractivity contribution is 7.93. The molecule has 4 rings (SSSR count). The quantitative estimate of drug-likeness (QED) is 0.312. The third-order valence-electron chi connectivity index (χ3n) is 4.42. The first-order valence-electron chi connectivity index (χ1n) is 9.26. The molecule has 7 nitrogen and oxygen atoms in total. The lowest BCUT2D eigenvalue weighted by atomic mass is 10.1. The first-order valence-corrected chi connectivity index (χ1v) is 13.9. The van der Waals surface area contributed by atoms with Gasteiger partial charge in [-0.2, -0.15) is 0 Å². The van der Waals surface area contributed by atoms with Gasteiger partial charge in [0.1, 0.15) is 4.90 Å². The molecule has 0 saturated carbocycles. The highest BCUT2D eigenvalue weighted by Gasteiger charge is 2.21. The fourth-order valence-corrected chi connectivity index (χ4v) is 6.58. The zero-order valence-electron chi connectivity index (χ0n) is 16.6. The average molecular weight is 540 g/mol. The number of benzene rings is 3. The molecule has 3 aromatic carbocycles. The molecule has 0 bridgehead atoms. The number of halogens is 2. The van der Waals surface area contributed by atoms with E-state index in [-0.39, 0.29) is 19.9 Å². The Labute approximate surface area is 205 Å². The van der Waals surface area contributed by atoms with Gasteiger partial charge in [-0.15, -0.1) is 11.3 Å². The second kappa shape index (κ2) is 9.32. The van der Waals surface area contributed by atoms with Crippen LogP contribution in [0.5, 0.6) is 0 Å². The van der Waals surface area contributed by atoms with E-state index in [0.29, 0.717) is 22.0 Å². The molecular weight excluding hydrogens is 525 g/mol. The van der Waals surface area contributed by atoms with E-state index in [2.05, 4.69) is 14.4 Å². The number of sulfonamides is 2. The molecule has 0 fully saturated rings. The summed E-state index contributed by atoms with van der Waals surface area (Å²) in [6.45, 7) is 0. The van der Waals surface area contributed by atoms with Crippen molar-refractivity contribution in [2.24, 2.45) is 0 Å². The number of nitrogens with zero attached hydrogens (tertiary/aromatic N) is 1. The largest absolute Gasteiger partial charge is 0.279 e. The van der Waals surface area contributed by atoms with E-state index in [0.717, 1.165) is 11.3 Å². The van der Waals surface area contributed by atoms with E-state index in [4.69, 9.17) is 23.2 Å². The summed E-state index contributed by atoms with van der Waals surface area (Å²) in [5.41, 5.74) is 1.17. The van der Waals surface area contributed by atoms with Gasteiger partial charge in [0.15, 0.2) is 5.13 Å². The van der Waals surface area contributed by atoms with Crippen LogP contribution in [-0.4, -0.2) is 21.8 Å². The molecule has 33 heavy (non-hydrogen) atoms. The Kier molecular flexibility index (Phi) is 6.64. The minimum Gasteiger partial charge on any atom is -0.279 e. The van der Waals surface area contributed by atoms with E-state index in [1.807, 2.05) is 0 Å². The number of para-hydroxylation sites is 1. The maximum atomic E-state index is 12.8. The Morgan fingerprint density at radius 2 is 1.42 bits per heavy atom. The molecule has 0 radical (unpaired) electrons. The number of nitrogens with one attached hydrogen (secondary N) is 2. The normalized spacial score (nSPS) is 11.8. The summed E-state index contributed by atoms with van der Waals surface area (Å²) in [7, 11) is -7.83. The number of aromatic nitrogens is 1. The fraction of sp³-hybridized carbons (Fsp3) is 0. The number of thiazole rings is 1. The zero-order chi connectivity index (χ0) is 23.6. The maximum absolute atomic E-state index is 12.8. The molecule has 1 heterocycles. The van der Waals surface area contributed by atoms with Gasteiger partial charge in [0.25, 0.3) is 20.0 Å². The summed E-state index contributed by atoms with van der Waals surface area (Å²) < 4.78 is 55.9. The molecule has 1 aromatic heterocycles. The summed E-state index contributed by atoms with van der Waals surface area (Å²) in [4.78, 5) is 4.31. The summed E-state index contributed by atoms with van der Waals surface area (Å²) in [5, 5.41) is 2.24. The number of rotatable bonds is 7. The minimum atomic E-state index is -3.95. The minimum absolute atomic E-state index is 0.0492. The van der Waals surface area contributed by atoms with Crippen LogP contribution in [0.3, 0.4) is 0 Å². The molecule has 0 aliphatic rings. The molecule has 0 spiro atoms. The Hall–Kier alpha value is -2.63. The molecule has 0 saturated heterocycles. The van der Waals surface area contributed by atoms with Crippen molar-refractivity contribution in [1.29, 1.82) is 0 Å². The van der Waals surface area contributed by atoms with Gasteiger partial charge in [-0.05, 0) is 42.5 Å². The lowest BCUT2D eigenvalue weighted by Crippen LogP contribution is -2.14. The van der Waals surface area contributed by atoms with Crippen molar-refractivity contribution in [3.63, 3.8) is 0 Å². The second-order valence-corrected chi connectivity index (χ2v) is 11.7. The average Bonchev–Trinajstić information content (AvgIpc) is 3.22. The van der Waals surface area contributed by atoms with Crippen molar-refractivity contribution in [3.05, 3.63) is 88.2 Å². The molecule has 0 atom stereocenters. The topological polar surface area (TPSA) is 105 Å². The Morgan fingerprint density at radius 3 is 2.15 bits per heavy atom. The first-order chi connectivity index (χ1) is 15.7. The predicted molar refractivity (Wildman–Crippen MR) is 132 cm³/mol. The van der Waals surface area contributed by atoms with Gasteiger partial charge in [-0.3, -0.25) is 9.44 Å². The van der Waals surface area contributed by atoms with E-state index in [1.165, 1.54) is 36.4 Å². The van der Waals surface area contributed by atoms with E-state index in [9.17, 15) is 16.8 Å². The van der Waals surface area contributed by atoms with Crippen LogP contribution < -0.4 is 9.44 Å². The molecule has 0 aliphatic carbocycles. The van der Waals surface area contributed by atoms with Crippen molar-refractivity contribution in [2.75, 3.05) is 9.44 Å². The molecular formula is C21H15Cl2N3O4S3. The van der Waals surface area contributed by atoms with Crippen molar-refractivity contribution in [1.82, 2.24) is 4.98 Å². The van der Waals surface area contributed by atoms with Crippen LogP contribution in [0.25, 0.3) is 11.3 Å². The first kappa shape index (κ1) is 23.5. The second-order valence-electron chi connectivity index (χ2n) is 6.68. The highest BCUT2D eigenvalue weighted by Crippen LogP contribution is 2.33. The van der Waals surface area contributed by atoms with Gasteiger partial charge >= 0.3 is 0 Å². The van der Waals surface area contributed by atoms with Crippen LogP contribution >= 0.6 is 34.5 Å². The number of hydrogen-bond donors (Lipinski definition) is 2. The smallest absolute Gasteiger partial charge is 0.265 e. The Balaban J connectivity index is 1.62. The summed E-state index contributed by atoms with van der Waals surface area (Å²) in [6, 6.07) is 18.5. The van der Waals surface area contributed by atoms with Crippen LogP contribution in [0, 0.1) is 0 Å². The van der Waals surface area contributed by atoms with Crippen molar-refractivity contribution in [3.8, 4) is 11.3 Å². The molecule has 0 amide bonds. The molecule has 0 unspecified atom stereocenters. The van der Waals surface area contributed by atoms with Crippen molar-refractivity contribution in [2.45, 2.75) is 9.79 Å². The van der Waals surface area contributed by atoms with Gasteiger partial charge in [0.2, 0.25) is 0 Å². The van der Waals surface area contributed by atoms with Crippen molar-refractivity contribution >= 4 is 65.4 Å². The van der Waals surface area contributed by atoms with E-state index < -0.39 is 20.0 Å². The van der Waals surface area contributed by atoms with Crippen LogP contribution in [0.15, 0.2) is 88.0 Å². The van der Waals surface area contributed by atoms with Gasteiger partial charge in [0.05, 0.1) is 21.3 Å². The lowest BCUT2D eigenvalue weighted by molar-refractivity contribution is 0.599. The molecule has 4 aromatic rings. The van der Waals surface area contributed by atoms with Crippen LogP contribution in [0.2, 0.25) is 10.0 Å². The van der Waals surface area contributed by atoms with Gasteiger partial charge in [-0.1, -0.05) is 53.5 Å². The highest BCUT2D eigenvalue weighted by atomic mass is 35.5. The van der Waals surface area contributed by atoms with Crippen LogP contribution in [0.1, 0.15) is 0 Å². The Bertz CT molecular complexity index is 1520. The number of anilines is 2.